The van der Waals surface area contributed by atoms with Crippen LogP contribution in [-0.4, -0.2) is 49.2 Å². The molecule has 2 atom stereocenters. The summed E-state index contributed by atoms with van der Waals surface area (Å²) in [5, 5.41) is 5.50. The molecular weight excluding hydrogens is 408 g/mol. The monoisotopic (exact) mass is 436 g/mol. The largest absolute Gasteiger partial charge is 0.456 e. The average molecular weight is 437 g/mol. The molecule has 168 valence electrons. The van der Waals surface area contributed by atoms with Crippen LogP contribution >= 0.6 is 0 Å². The first-order valence-corrected chi connectivity index (χ1v) is 10.3. The molecule has 0 aliphatic carbocycles. The van der Waals surface area contributed by atoms with Crippen molar-refractivity contribution in [3.63, 3.8) is 0 Å². The number of esters is 1. The van der Waals surface area contributed by atoms with Crippen molar-refractivity contribution in [1.82, 2.24) is 10.6 Å². The van der Waals surface area contributed by atoms with E-state index in [-0.39, 0.29) is 18.0 Å². The molecule has 7 heteroatoms. The molecule has 0 fully saturated rings. The van der Waals surface area contributed by atoms with Gasteiger partial charge in [0.15, 0.2) is 18.2 Å². The van der Waals surface area contributed by atoms with Gasteiger partial charge in [-0.1, -0.05) is 60.7 Å². The van der Waals surface area contributed by atoms with E-state index in [2.05, 4.69) is 10.6 Å². The number of rotatable bonds is 12. The summed E-state index contributed by atoms with van der Waals surface area (Å²) in [4.78, 5) is 48.5. The smallest absolute Gasteiger partial charge is 0.329 e. The maximum Gasteiger partial charge on any atom is 0.329 e. The summed E-state index contributed by atoms with van der Waals surface area (Å²) in [7, 11) is 1.67. The number of benzene rings is 2. The first kappa shape index (κ1) is 24.7. The Bertz CT molecular complexity index is 941. The van der Waals surface area contributed by atoms with Gasteiger partial charge < -0.3 is 15.4 Å². The number of carbonyl (C=O) groups is 4. The maximum atomic E-state index is 12.7. The van der Waals surface area contributed by atoms with E-state index in [9.17, 15) is 19.2 Å². The lowest BCUT2D eigenvalue weighted by Crippen LogP contribution is -2.44. The van der Waals surface area contributed by atoms with Crippen LogP contribution in [0.25, 0.3) is 0 Å². The van der Waals surface area contributed by atoms with Crippen LogP contribution < -0.4 is 10.6 Å². The number of hydrogen-bond donors (Lipinski definition) is 2. The van der Waals surface area contributed by atoms with Gasteiger partial charge in [0.05, 0.1) is 6.04 Å². The molecule has 0 bridgehead atoms. The van der Waals surface area contributed by atoms with Crippen LogP contribution in [0, 0.1) is 0 Å². The highest BCUT2D eigenvalue weighted by Crippen LogP contribution is 2.07. The van der Waals surface area contributed by atoms with E-state index in [1.54, 1.807) is 7.05 Å². The molecule has 0 spiro atoms. The molecule has 2 N–H and O–H groups in total. The molecule has 0 aliphatic heterocycles. The minimum Gasteiger partial charge on any atom is -0.456 e. The van der Waals surface area contributed by atoms with Gasteiger partial charge in [0.2, 0.25) is 5.91 Å². The molecule has 7 nitrogen and oxygen atoms in total. The third-order valence-electron chi connectivity index (χ3n) is 4.73. The maximum absolute atomic E-state index is 12.7. The summed E-state index contributed by atoms with van der Waals surface area (Å²) in [5.74, 6) is -1.88. The Balaban J connectivity index is 2.01. The zero-order valence-corrected chi connectivity index (χ0v) is 18.2. The SMILES string of the molecule is CNC(Cc1ccccc1)C(=O)COC(=O)C(Cc1ccccc1)NC(=O)C=CC(C)=O. The predicted molar refractivity (Wildman–Crippen MR) is 121 cm³/mol. The second-order valence-electron chi connectivity index (χ2n) is 7.30. The molecule has 0 radical (unpaired) electrons. The third-order valence-corrected chi connectivity index (χ3v) is 4.73. The molecule has 0 saturated heterocycles. The number of likely N-dealkylation sites (N-methyl/N-ethyl adjacent to an activating group) is 1. The van der Waals surface area contributed by atoms with E-state index >= 15 is 0 Å². The molecule has 0 heterocycles. The number of carbonyl (C=O) groups excluding carboxylic acids is 4. The van der Waals surface area contributed by atoms with Gasteiger partial charge in [-0.25, -0.2) is 4.79 Å². The predicted octanol–water partition coefficient (Wildman–Crippen LogP) is 1.80. The van der Waals surface area contributed by atoms with Crippen molar-refractivity contribution in [1.29, 1.82) is 0 Å². The van der Waals surface area contributed by atoms with Crippen LogP contribution in [0.15, 0.2) is 72.8 Å². The van der Waals surface area contributed by atoms with Crippen LogP contribution in [0.2, 0.25) is 0 Å². The normalized spacial score (nSPS) is 12.7. The molecule has 2 aromatic carbocycles. The van der Waals surface area contributed by atoms with E-state index in [0.29, 0.717) is 6.42 Å². The molecular formula is C25H28N2O5. The minimum absolute atomic E-state index is 0.187. The summed E-state index contributed by atoms with van der Waals surface area (Å²) in [6, 6.07) is 17.1. The van der Waals surface area contributed by atoms with E-state index in [1.165, 1.54) is 6.92 Å². The molecule has 2 unspecified atom stereocenters. The first-order chi connectivity index (χ1) is 15.4. The van der Waals surface area contributed by atoms with Crippen molar-refractivity contribution in [2.75, 3.05) is 13.7 Å². The third kappa shape index (κ3) is 8.65. The lowest BCUT2D eigenvalue weighted by Gasteiger charge is -2.19. The van der Waals surface area contributed by atoms with E-state index < -0.39 is 30.6 Å². The summed E-state index contributed by atoms with van der Waals surface area (Å²) in [6.45, 7) is 0.903. The highest BCUT2D eigenvalue weighted by atomic mass is 16.5. The van der Waals surface area contributed by atoms with Gasteiger partial charge in [0.25, 0.3) is 0 Å². The fraction of sp³-hybridized carbons (Fsp3) is 0.280. The Morgan fingerprint density at radius 3 is 1.88 bits per heavy atom. The average Bonchev–Trinajstić information content (AvgIpc) is 2.80. The van der Waals surface area contributed by atoms with Gasteiger partial charge in [0, 0.05) is 12.5 Å². The summed E-state index contributed by atoms with van der Waals surface area (Å²) in [6.07, 6.45) is 2.83. The summed E-state index contributed by atoms with van der Waals surface area (Å²) in [5.41, 5.74) is 1.80. The zero-order valence-electron chi connectivity index (χ0n) is 18.2. The zero-order chi connectivity index (χ0) is 23.3. The number of ketones is 2. The molecule has 0 saturated carbocycles. The van der Waals surface area contributed by atoms with Crippen LogP contribution in [0.4, 0.5) is 0 Å². The van der Waals surface area contributed by atoms with Gasteiger partial charge in [-0.05, 0) is 37.6 Å². The number of Topliss-reactive ketones (excluding diaryl/α,β-unsaturated/α-hetero) is 1. The van der Waals surface area contributed by atoms with E-state index in [4.69, 9.17) is 4.74 Å². The topological polar surface area (TPSA) is 102 Å². The molecule has 1 amide bonds. The lowest BCUT2D eigenvalue weighted by molar-refractivity contribution is -0.151. The summed E-state index contributed by atoms with van der Waals surface area (Å²) < 4.78 is 5.25. The Hall–Kier alpha value is -3.58. The van der Waals surface area contributed by atoms with Gasteiger partial charge >= 0.3 is 5.97 Å². The Labute approximate surface area is 187 Å². The van der Waals surface area contributed by atoms with Gasteiger partial charge in [0.1, 0.15) is 6.04 Å². The van der Waals surface area contributed by atoms with Crippen molar-refractivity contribution in [3.05, 3.63) is 83.9 Å². The Kier molecular flexibility index (Phi) is 10.0. The minimum atomic E-state index is -1.00. The molecule has 2 rings (SSSR count). The van der Waals surface area contributed by atoms with E-state index in [0.717, 1.165) is 23.3 Å². The molecule has 32 heavy (non-hydrogen) atoms. The van der Waals surface area contributed by atoms with Crippen molar-refractivity contribution in [2.45, 2.75) is 31.8 Å². The Morgan fingerprint density at radius 1 is 0.844 bits per heavy atom. The first-order valence-electron chi connectivity index (χ1n) is 10.3. The van der Waals surface area contributed by atoms with Gasteiger partial charge in [-0.3, -0.25) is 14.4 Å². The molecule has 0 aromatic heterocycles. The van der Waals surface area contributed by atoms with Crippen LogP contribution in [0.3, 0.4) is 0 Å². The number of hydrogen-bond acceptors (Lipinski definition) is 6. The standard InChI is InChI=1S/C25H28N2O5/c1-18(28)13-14-24(30)27-22(16-20-11-7-4-8-12-20)25(31)32-17-23(29)21(26-2)15-19-9-5-3-6-10-19/h3-14,21-22,26H,15-17H2,1-2H3,(H,27,30). The van der Waals surface area contributed by atoms with Gasteiger partial charge in [-0.15, -0.1) is 0 Å². The van der Waals surface area contributed by atoms with Crippen LogP contribution in [0.5, 0.6) is 0 Å². The Morgan fingerprint density at radius 2 is 1.38 bits per heavy atom. The van der Waals surface area contributed by atoms with Gasteiger partial charge in [-0.2, -0.15) is 0 Å². The number of nitrogens with one attached hydrogen (secondary N) is 2. The second kappa shape index (κ2) is 13.0. The number of amides is 1. The molecule has 0 aliphatic rings. The number of ether oxygens (including phenoxy) is 1. The lowest BCUT2D eigenvalue weighted by atomic mass is 10.0. The highest BCUT2D eigenvalue weighted by Gasteiger charge is 2.25. The van der Waals surface area contributed by atoms with E-state index in [1.807, 2.05) is 60.7 Å². The number of allylic oxidation sites excluding steroid dienone is 1. The van der Waals surface area contributed by atoms with Crippen molar-refractivity contribution in [3.8, 4) is 0 Å². The van der Waals surface area contributed by atoms with Crippen molar-refractivity contribution >= 4 is 23.4 Å². The highest BCUT2D eigenvalue weighted by molar-refractivity contribution is 5.98. The van der Waals surface area contributed by atoms with Crippen LogP contribution in [0.1, 0.15) is 18.1 Å². The molecule has 2 aromatic rings. The van der Waals surface area contributed by atoms with Crippen molar-refractivity contribution in [2.24, 2.45) is 0 Å². The summed E-state index contributed by atoms with van der Waals surface area (Å²) >= 11 is 0. The second-order valence-corrected chi connectivity index (χ2v) is 7.30. The van der Waals surface area contributed by atoms with Crippen LogP contribution in [-0.2, 0) is 36.8 Å². The fourth-order valence-corrected chi connectivity index (χ4v) is 3.03. The fourth-order valence-electron chi connectivity index (χ4n) is 3.03. The quantitative estimate of drug-likeness (QED) is 0.389. The van der Waals surface area contributed by atoms with Crippen molar-refractivity contribution < 1.29 is 23.9 Å².